The minimum atomic E-state index is -1.03. The van der Waals surface area contributed by atoms with E-state index in [-0.39, 0.29) is 12.5 Å². The van der Waals surface area contributed by atoms with Gasteiger partial charge < -0.3 is 14.0 Å². The number of halogens is 1. The molecular formula is C22H22BrN3O4. The number of nitrogens with zero attached hydrogens (tertiary/aromatic N) is 3. The number of benzene rings is 2. The van der Waals surface area contributed by atoms with Gasteiger partial charge in [-0.15, -0.1) is 0 Å². The van der Waals surface area contributed by atoms with E-state index in [2.05, 4.69) is 15.9 Å². The molecule has 1 aliphatic heterocycles. The van der Waals surface area contributed by atoms with E-state index in [0.717, 1.165) is 21.1 Å². The number of ether oxygens (including phenoxy) is 2. The van der Waals surface area contributed by atoms with Gasteiger partial charge in [-0.2, -0.15) is 0 Å². The van der Waals surface area contributed by atoms with Gasteiger partial charge in [0.1, 0.15) is 0 Å². The number of aromatic nitrogens is 2. The maximum absolute atomic E-state index is 13.6. The number of methoxy groups -OCH3 is 1. The third-order valence-electron chi connectivity index (χ3n) is 5.19. The maximum atomic E-state index is 13.6. The van der Waals surface area contributed by atoms with Crippen molar-refractivity contribution in [1.29, 1.82) is 0 Å². The van der Waals surface area contributed by atoms with Gasteiger partial charge in [0.05, 0.1) is 36.8 Å². The number of hydrogen-bond acceptors (Lipinski definition) is 5. The molecule has 0 radical (unpaired) electrons. The van der Waals surface area contributed by atoms with Crippen LogP contribution in [0.5, 0.6) is 0 Å². The van der Waals surface area contributed by atoms with E-state index in [1.54, 1.807) is 14.0 Å². The summed E-state index contributed by atoms with van der Waals surface area (Å²) in [6.07, 6.45) is 0. The molecule has 0 N–H and O–H groups in total. The van der Waals surface area contributed by atoms with Crippen LogP contribution >= 0.6 is 15.9 Å². The number of para-hydroxylation sites is 2. The fraction of sp³-hybridized carbons (Fsp3) is 0.318. The molecule has 1 amide bonds. The van der Waals surface area contributed by atoms with E-state index >= 15 is 0 Å². The molecule has 0 spiro atoms. The van der Waals surface area contributed by atoms with Crippen LogP contribution < -0.4 is 4.90 Å². The van der Waals surface area contributed by atoms with Crippen molar-refractivity contribution in [3.05, 3.63) is 58.6 Å². The summed E-state index contributed by atoms with van der Waals surface area (Å²) in [5, 5.41) is 0. The van der Waals surface area contributed by atoms with Crippen LogP contribution in [0.3, 0.4) is 0 Å². The molecule has 0 bridgehead atoms. The van der Waals surface area contributed by atoms with Crippen molar-refractivity contribution in [2.75, 3.05) is 31.8 Å². The highest BCUT2D eigenvalue weighted by Gasteiger charge is 2.47. The van der Waals surface area contributed by atoms with Gasteiger partial charge in [-0.1, -0.05) is 40.2 Å². The van der Waals surface area contributed by atoms with Gasteiger partial charge in [-0.25, -0.2) is 4.98 Å². The zero-order chi connectivity index (χ0) is 21.3. The molecule has 2 heterocycles. The summed E-state index contributed by atoms with van der Waals surface area (Å²) in [5.41, 5.74) is 2.43. The molecule has 2 atom stereocenters. The summed E-state index contributed by atoms with van der Waals surface area (Å²) in [5.74, 6) is -1.40. The van der Waals surface area contributed by atoms with E-state index in [9.17, 15) is 9.59 Å². The van der Waals surface area contributed by atoms with Crippen molar-refractivity contribution in [1.82, 2.24) is 9.55 Å². The van der Waals surface area contributed by atoms with Gasteiger partial charge in [0, 0.05) is 11.6 Å². The third-order valence-corrected chi connectivity index (χ3v) is 5.69. The topological polar surface area (TPSA) is 73.7 Å². The summed E-state index contributed by atoms with van der Waals surface area (Å²) in [6, 6.07) is 14.7. The highest BCUT2D eigenvalue weighted by Crippen LogP contribution is 2.41. The Morgan fingerprint density at radius 2 is 2.00 bits per heavy atom. The van der Waals surface area contributed by atoms with Crippen LogP contribution in [0.15, 0.2) is 53.0 Å². The minimum Gasteiger partial charge on any atom is -0.465 e. The van der Waals surface area contributed by atoms with Crippen molar-refractivity contribution in [2.24, 2.45) is 5.92 Å². The molecule has 30 heavy (non-hydrogen) atoms. The van der Waals surface area contributed by atoms with Crippen LogP contribution in [0.2, 0.25) is 0 Å². The first-order valence-corrected chi connectivity index (χ1v) is 10.6. The van der Waals surface area contributed by atoms with E-state index in [4.69, 9.17) is 14.5 Å². The molecule has 0 aliphatic carbocycles. The Hall–Kier alpha value is -2.71. The van der Waals surface area contributed by atoms with Crippen LogP contribution in [-0.4, -0.2) is 48.3 Å². The normalized spacial score (nSPS) is 18.5. The van der Waals surface area contributed by atoms with Crippen LogP contribution in [0.4, 0.5) is 5.95 Å². The second kappa shape index (κ2) is 8.57. The largest absolute Gasteiger partial charge is 0.465 e. The summed E-state index contributed by atoms with van der Waals surface area (Å²) in [6.45, 7) is 2.55. The smallest absolute Gasteiger partial charge is 0.321 e. The number of esters is 1. The van der Waals surface area contributed by atoms with Gasteiger partial charge >= 0.3 is 5.97 Å². The average molecular weight is 472 g/mol. The Bertz CT molecular complexity index is 1100. The van der Waals surface area contributed by atoms with Gasteiger partial charge in [0.2, 0.25) is 11.9 Å². The zero-order valence-electron chi connectivity index (χ0n) is 16.7. The predicted octanol–water partition coefficient (Wildman–Crippen LogP) is 3.56. The van der Waals surface area contributed by atoms with E-state index < -0.39 is 17.9 Å². The van der Waals surface area contributed by atoms with Gasteiger partial charge in [0.25, 0.3) is 0 Å². The van der Waals surface area contributed by atoms with Crippen LogP contribution in [0, 0.1) is 5.92 Å². The number of imidazole rings is 1. The number of amides is 1. The summed E-state index contributed by atoms with van der Waals surface area (Å²) in [7, 11) is 1.57. The molecule has 0 saturated heterocycles. The molecule has 0 unspecified atom stereocenters. The number of rotatable bonds is 6. The van der Waals surface area contributed by atoms with Crippen molar-refractivity contribution in [3.63, 3.8) is 0 Å². The molecular weight excluding hydrogens is 450 g/mol. The lowest BCUT2D eigenvalue weighted by molar-refractivity contribution is -0.153. The van der Waals surface area contributed by atoms with Gasteiger partial charge in [0.15, 0.2) is 5.92 Å². The number of anilines is 1. The molecule has 1 aromatic heterocycles. The third kappa shape index (κ3) is 3.50. The summed E-state index contributed by atoms with van der Waals surface area (Å²) < 4.78 is 13.4. The molecule has 3 aromatic rings. The Kier molecular flexibility index (Phi) is 5.87. The second-order valence-electron chi connectivity index (χ2n) is 6.98. The zero-order valence-corrected chi connectivity index (χ0v) is 18.3. The average Bonchev–Trinajstić information content (AvgIpc) is 3.11. The number of fused-ring (bicyclic) bond motifs is 3. The van der Waals surface area contributed by atoms with Crippen LogP contribution in [0.1, 0.15) is 18.5 Å². The SMILES string of the molecule is CCOC(=O)[C@@H]1C(=O)N(CCOC)c2nc3ccccc3n2[C@H]1c1cccc(Br)c1. The quantitative estimate of drug-likeness (QED) is 0.405. The lowest BCUT2D eigenvalue weighted by Gasteiger charge is -2.37. The maximum Gasteiger partial charge on any atom is 0.321 e. The second-order valence-corrected chi connectivity index (χ2v) is 7.90. The van der Waals surface area contributed by atoms with Crippen molar-refractivity contribution < 1.29 is 19.1 Å². The summed E-state index contributed by atoms with van der Waals surface area (Å²) in [4.78, 5) is 32.8. The van der Waals surface area contributed by atoms with E-state index in [1.165, 1.54) is 4.90 Å². The van der Waals surface area contributed by atoms with Crippen molar-refractivity contribution in [2.45, 2.75) is 13.0 Å². The summed E-state index contributed by atoms with van der Waals surface area (Å²) >= 11 is 3.51. The van der Waals surface area contributed by atoms with Crippen molar-refractivity contribution >= 4 is 44.8 Å². The number of carbonyl (C=O) groups excluding carboxylic acids is 2. The molecule has 0 saturated carbocycles. The Labute approximate surface area is 182 Å². The first-order valence-electron chi connectivity index (χ1n) is 9.76. The Balaban J connectivity index is 1.98. The molecule has 156 valence electrons. The predicted molar refractivity (Wildman–Crippen MR) is 116 cm³/mol. The lowest BCUT2D eigenvalue weighted by Crippen LogP contribution is -2.51. The molecule has 1 aliphatic rings. The molecule has 0 fully saturated rings. The number of hydrogen-bond donors (Lipinski definition) is 0. The van der Waals surface area contributed by atoms with Gasteiger partial charge in [-0.05, 0) is 36.8 Å². The van der Waals surface area contributed by atoms with Crippen LogP contribution in [-0.2, 0) is 19.1 Å². The molecule has 2 aromatic carbocycles. The monoisotopic (exact) mass is 471 g/mol. The lowest BCUT2D eigenvalue weighted by atomic mass is 9.89. The van der Waals surface area contributed by atoms with Crippen LogP contribution in [0.25, 0.3) is 11.0 Å². The van der Waals surface area contributed by atoms with E-state index in [0.29, 0.717) is 19.1 Å². The highest BCUT2D eigenvalue weighted by atomic mass is 79.9. The molecule has 4 rings (SSSR count). The fourth-order valence-electron chi connectivity index (χ4n) is 3.93. The standard InChI is InChI=1S/C22H22BrN3O4/c1-3-30-21(28)18-19(14-7-6-8-15(23)13-14)26-17-10-5-4-9-16(17)24-22(26)25(20(18)27)11-12-29-2/h4-10,13,18-19H,3,11-12H2,1-2H3/t18-,19-/m0/s1. The highest BCUT2D eigenvalue weighted by molar-refractivity contribution is 9.10. The fourth-order valence-corrected chi connectivity index (χ4v) is 4.35. The Morgan fingerprint density at radius 3 is 2.73 bits per heavy atom. The number of carbonyl (C=O) groups is 2. The first kappa shape index (κ1) is 20.6. The minimum absolute atomic E-state index is 0.198. The van der Waals surface area contributed by atoms with Crippen molar-refractivity contribution in [3.8, 4) is 0 Å². The molecule has 7 nitrogen and oxygen atoms in total. The Morgan fingerprint density at radius 1 is 1.20 bits per heavy atom. The van der Waals surface area contributed by atoms with E-state index in [1.807, 2.05) is 53.1 Å². The van der Waals surface area contributed by atoms with Gasteiger partial charge in [-0.3, -0.25) is 14.5 Å². The molecule has 8 heteroatoms. The first-order chi connectivity index (χ1) is 14.6.